The maximum absolute atomic E-state index is 8.90. The van der Waals surface area contributed by atoms with Crippen LogP contribution in [0.3, 0.4) is 0 Å². The lowest BCUT2D eigenvalue weighted by Crippen LogP contribution is -2.17. The molecule has 1 aliphatic heterocycles. The van der Waals surface area contributed by atoms with Gasteiger partial charge >= 0.3 is 0 Å². The number of nitriles is 2. The second-order valence-electron chi connectivity index (χ2n) is 3.65. The van der Waals surface area contributed by atoms with Crippen LogP contribution in [-0.2, 0) is 0 Å². The summed E-state index contributed by atoms with van der Waals surface area (Å²) < 4.78 is 0. The molecule has 0 unspecified atom stereocenters. The summed E-state index contributed by atoms with van der Waals surface area (Å²) in [5, 5.41) is 17.7. The fourth-order valence-electron chi connectivity index (χ4n) is 1.89. The van der Waals surface area contributed by atoms with Crippen molar-refractivity contribution in [1.29, 1.82) is 10.5 Å². The summed E-state index contributed by atoms with van der Waals surface area (Å²) in [6.07, 6.45) is 2.42. The van der Waals surface area contributed by atoms with E-state index in [0.29, 0.717) is 11.1 Å². The van der Waals surface area contributed by atoms with Gasteiger partial charge in [-0.1, -0.05) is 0 Å². The molecule has 74 valence electrons. The van der Waals surface area contributed by atoms with Crippen LogP contribution in [0.2, 0.25) is 0 Å². The highest BCUT2D eigenvalue weighted by molar-refractivity contribution is 5.57. The topological polar surface area (TPSA) is 50.8 Å². The molecule has 1 aliphatic rings. The Balaban J connectivity index is 2.36. The molecular formula is C12H11N3. The highest BCUT2D eigenvalue weighted by Crippen LogP contribution is 2.22. The predicted molar refractivity (Wildman–Crippen MR) is 57.3 cm³/mol. The minimum atomic E-state index is 0.459. The molecule has 0 aliphatic carbocycles. The molecule has 0 N–H and O–H groups in total. The second-order valence-corrected chi connectivity index (χ2v) is 3.65. The third-order valence-corrected chi connectivity index (χ3v) is 2.72. The van der Waals surface area contributed by atoms with E-state index in [0.717, 1.165) is 18.8 Å². The molecular weight excluding hydrogens is 186 g/mol. The van der Waals surface area contributed by atoms with Gasteiger partial charge in [0.15, 0.2) is 0 Å². The van der Waals surface area contributed by atoms with Gasteiger partial charge in [-0.3, -0.25) is 0 Å². The van der Waals surface area contributed by atoms with Gasteiger partial charge in [0.1, 0.15) is 12.1 Å². The highest BCUT2D eigenvalue weighted by atomic mass is 15.1. The third kappa shape index (κ3) is 1.78. The number of hydrogen-bond donors (Lipinski definition) is 0. The van der Waals surface area contributed by atoms with Gasteiger partial charge in [0.05, 0.1) is 11.1 Å². The van der Waals surface area contributed by atoms with E-state index < -0.39 is 0 Å². The van der Waals surface area contributed by atoms with Crippen molar-refractivity contribution in [2.45, 2.75) is 12.8 Å². The number of nitrogens with zero attached hydrogens (tertiary/aromatic N) is 3. The SMILES string of the molecule is N#Cc1ccc(N2CCCC2)cc1C#N. The summed E-state index contributed by atoms with van der Waals surface area (Å²) in [4.78, 5) is 2.25. The smallest absolute Gasteiger partial charge is 0.101 e. The van der Waals surface area contributed by atoms with Crippen molar-refractivity contribution in [3.8, 4) is 12.1 Å². The molecule has 15 heavy (non-hydrogen) atoms. The molecule has 0 atom stereocenters. The number of benzene rings is 1. The summed E-state index contributed by atoms with van der Waals surface area (Å²) in [5.74, 6) is 0. The van der Waals surface area contributed by atoms with E-state index in [2.05, 4.69) is 11.0 Å². The van der Waals surface area contributed by atoms with Gasteiger partial charge in [-0.2, -0.15) is 10.5 Å². The Bertz CT molecular complexity index is 445. The Morgan fingerprint density at radius 1 is 1.00 bits per heavy atom. The fourth-order valence-corrected chi connectivity index (χ4v) is 1.89. The Kier molecular flexibility index (Phi) is 2.56. The second kappa shape index (κ2) is 4.02. The van der Waals surface area contributed by atoms with Gasteiger partial charge in [0, 0.05) is 18.8 Å². The van der Waals surface area contributed by atoms with Crippen molar-refractivity contribution >= 4 is 5.69 Å². The molecule has 1 heterocycles. The van der Waals surface area contributed by atoms with Crippen LogP contribution in [0, 0.1) is 22.7 Å². The normalized spacial score (nSPS) is 14.7. The minimum absolute atomic E-state index is 0.459. The minimum Gasteiger partial charge on any atom is -0.371 e. The Labute approximate surface area is 89.2 Å². The first-order chi connectivity index (χ1) is 7.35. The molecule has 1 saturated heterocycles. The molecule has 3 heteroatoms. The molecule has 1 aromatic carbocycles. The summed E-state index contributed by atoms with van der Waals surface area (Å²) >= 11 is 0. The summed E-state index contributed by atoms with van der Waals surface area (Å²) in [6, 6.07) is 9.54. The van der Waals surface area contributed by atoms with Gasteiger partial charge in [-0.25, -0.2) is 0 Å². The van der Waals surface area contributed by atoms with Gasteiger partial charge in [-0.15, -0.1) is 0 Å². The average Bonchev–Trinajstić information content (AvgIpc) is 2.81. The van der Waals surface area contributed by atoms with Crippen LogP contribution in [0.15, 0.2) is 18.2 Å². The van der Waals surface area contributed by atoms with E-state index in [-0.39, 0.29) is 0 Å². The summed E-state index contributed by atoms with van der Waals surface area (Å²) in [6.45, 7) is 2.10. The molecule has 3 nitrogen and oxygen atoms in total. The average molecular weight is 197 g/mol. The molecule has 2 rings (SSSR count). The first kappa shape index (κ1) is 9.55. The van der Waals surface area contributed by atoms with Crippen molar-refractivity contribution in [3.63, 3.8) is 0 Å². The zero-order valence-electron chi connectivity index (χ0n) is 8.40. The van der Waals surface area contributed by atoms with E-state index in [4.69, 9.17) is 10.5 Å². The van der Waals surface area contributed by atoms with Crippen molar-refractivity contribution in [2.75, 3.05) is 18.0 Å². The zero-order valence-corrected chi connectivity index (χ0v) is 8.40. The number of hydrogen-bond acceptors (Lipinski definition) is 3. The van der Waals surface area contributed by atoms with E-state index in [1.165, 1.54) is 12.8 Å². The molecule has 0 radical (unpaired) electrons. The molecule has 1 aromatic rings. The van der Waals surface area contributed by atoms with Gasteiger partial charge < -0.3 is 4.90 Å². The fraction of sp³-hybridized carbons (Fsp3) is 0.333. The van der Waals surface area contributed by atoms with Crippen molar-refractivity contribution < 1.29 is 0 Å². The van der Waals surface area contributed by atoms with Crippen LogP contribution in [0.25, 0.3) is 0 Å². The lowest BCUT2D eigenvalue weighted by Gasteiger charge is -2.17. The van der Waals surface area contributed by atoms with Crippen LogP contribution >= 0.6 is 0 Å². The van der Waals surface area contributed by atoms with Gasteiger partial charge in [0.25, 0.3) is 0 Å². The largest absolute Gasteiger partial charge is 0.371 e. The molecule has 0 aromatic heterocycles. The van der Waals surface area contributed by atoms with E-state index in [1.807, 2.05) is 18.2 Å². The quantitative estimate of drug-likeness (QED) is 0.692. The van der Waals surface area contributed by atoms with Crippen molar-refractivity contribution in [2.24, 2.45) is 0 Å². The van der Waals surface area contributed by atoms with Crippen LogP contribution in [-0.4, -0.2) is 13.1 Å². The zero-order chi connectivity index (χ0) is 10.7. The predicted octanol–water partition coefficient (Wildman–Crippen LogP) is 2.03. The highest BCUT2D eigenvalue weighted by Gasteiger charge is 2.13. The van der Waals surface area contributed by atoms with Crippen LogP contribution in [0.4, 0.5) is 5.69 Å². The standard InChI is InChI=1S/C12H11N3/c13-8-10-3-4-12(7-11(10)9-14)15-5-1-2-6-15/h3-4,7H,1-2,5-6H2. The number of anilines is 1. The molecule has 0 amide bonds. The van der Waals surface area contributed by atoms with E-state index >= 15 is 0 Å². The van der Waals surface area contributed by atoms with Gasteiger partial charge in [-0.05, 0) is 31.0 Å². The first-order valence-electron chi connectivity index (χ1n) is 5.04. The molecule has 0 saturated carbocycles. The van der Waals surface area contributed by atoms with Crippen molar-refractivity contribution in [3.05, 3.63) is 29.3 Å². The molecule has 0 spiro atoms. The van der Waals surface area contributed by atoms with Crippen LogP contribution in [0.1, 0.15) is 24.0 Å². The molecule has 0 bridgehead atoms. The maximum Gasteiger partial charge on any atom is 0.101 e. The third-order valence-electron chi connectivity index (χ3n) is 2.72. The monoisotopic (exact) mass is 197 g/mol. The van der Waals surface area contributed by atoms with Crippen LogP contribution in [0.5, 0.6) is 0 Å². The molecule has 1 fully saturated rings. The Morgan fingerprint density at radius 2 is 1.67 bits per heavy atom. The number of rotatable bonds is 1. The van der Waals surface area contributed by atoms with Gasteiger partial charge in [0.2, 0.25) is 0 Å². The van der Waals surface area contributed by atoms with Crippen LogP contribution < -0.4 is 4.90 Å². The van der Waals surface area contributed by atoms with E-state index in [1.54, 1.807) is 6.07 Å². The first-order valence-corrected chi connectivity index (χ1v) is 5.04. The lowest BCUT2D eigenvalue weighted by atomic mass is 10.1. The maximum atomic E-state index is 8.90. The summed E-state index contributed by atoms with van der Waals surface area (Å²) in [7, 11) is 0. The van der Waals surface area contributed by atoms with E-state index in [9.17, 15) is 0 Å². The Morgan fingerprint density at radius 3 is 2.27 bits per heavy atom. The van der Waals surface area contributed by atoms with Crippen molar-refractivity contribution in [1.82, 2.24) is 0 Å². The Hall–Kier alpha value is -2.00. The lowest BCUT2D eigenvalue weighted by molar-refractivity contribution is 0.949. The summed E-state index contributed by atoms with van der Waals surface area (Å²) in [5.41, 5.74) is 1.99.